The molecule has 0 bridgehead atoms. The monoisotopic (exact) mass is 527 g/mol. The van der Waals surface area contributed by atoms with Crippen molar-refractivity contribution in [1.82, 2.24) is 14.4 Å². The number of fused-ring (bicyclic) bond motifs is 1. The molecular weight excluding hydrogens is 490 g/mol. The Morgan fingerprint density at radius 2 is 1.89 bits per heavy atom. The Hall–Kier alpha value is -1.95. The van der Waals surface area contributed by atoms with Crippen LogP contribution in [0, 0.1) is 5.92 Å². The molecule has 2 heterocycles. The Morgan fingerprint density at radius 1 is 1.17 bits per heavy atom. The van der Waals surface area contributed by atoms with Crippen LogP contribution in [0.4, 0.5) is 0 Å². The van der Waals surface area contributed by atoms with Gasteiger partial charge in [-0.25, -0.2) is 4.79 Å². The molecular formula is C24H37N3O6S2. The summed E-state index contributed by atoms with van der Waals surface area (Å²) in [6.45, 7) is 1.78. The van der Waals surface area contributed by atoms with E-state index in [4.69, 9.17) is 9.52 Å². The van der Waals surface area contributed by atoms with Gasteiger partial charge in [-0.1, -0.05) is 25.3 Å². The zero-order valence-corrected chi connectivity index (χ0v) is 22.1. The lowest BCUT2D eigenvalue weighted by Gasteiger charge is -2.39. The van der Waals surface area contributed by atoms with Gasteiger partial charge in [-0.3, -0.25) is 19.1 Å². The third-order valence-electron chi connectivity index (χ3n) is 7.16. The number of rotatable bonds is 8. The van der Waals surface area contributed by atoms with E-state index in [0.29, 0.717) is 29.1 Å². The van der Waals surface area contributed by atoms with Crippen LogP contribution in [-0.2, 0) is 22.6 Å². The van der Waals surface area contributed by atoms with Crippen LogP contribution in [0.15, 0.2) is 27.4 Å². The molecule has 9 nitrogen and oxygen atoms in total. The number of hydrogen-bond donors (Lipinski definition) is 2. The molecule has 2 fully saturated rings. The second kappa shape index (κ2) is 12.8. The minimum absolute atomic E-state index is 0. The van der Waals surface area contributed by atoms with Crippen LogP contribution in [0.25, 0.3) is 11.1 Å². The molecule has 1 aromatic carbocycles. The number of carboxylic acid groups (broad SMARTS) is 1. The Labute approximate surface area is 219 Å². The van der Waals surface area contributed by atoms with E-state index < -0.39 is 18.3 Å². The number of carboxylic acids is 1. The van der Waals surface area contributed by atoms with Crippen molar-refractivity contribution in [3.8, 4) is 0 Å². The lowest BCUT2D eigenvalue weighted by atomic mass is 9.83. The first-order chi connectivity index (χ1) is 15.8. The van der Waals surface area contributed by atoms with E-state index in [-0.39, 0.29) is 51.5 Å². The maximum atomic E-state index is 13.3. The summed E-state index contributed by atoms with van der Waals surface area (Å²) in [6, 6.07) is 5.11. The van der Waals surface area contributed by atoms with E-state index in [0.717, 1.165) is 36.9 Å². The van der Waals surface area contributed by atoms with E-state index in [1.165, 1.54) is 19.3 Å². The van der Waals surface area contributed by atoms with Gasteiger partial charge in [0.2, 0.25) is 5.91 Å². The van der Waals surface area contributed by atoms with Crippen LogP contribution < -0.4 is 5.76 Å². The van der Waals surface area contributed by atoms with Crippen LogP contribution in [0.5, 0.6) is 0 Å². The molecule has 0 spiro atoms. The number of likely N-dealkylation sites (N-methyl/N-ethyl adjacent to an activating group) is 1. The molecule has 11 heteroatoms. The first-order valence-electron chi connectivity index (χ1n) is 11.8. The van der Waals surface area contributed by atoms with Crippen LogP contribution in [0.1, 0.15) is 44.1 Å². The molecule has 1 saturated carbocycles. The van der Waals surface area contributed by atoms with Crippen LogP contribution >= 0.6 is 27.0 Å². The van der Waals surface area contributed by atoms with Crippen LogP contribution in [0.3, 0.4) is 0 Å². The van der Waals surface area contributed by atoms with E-state index in [2.05, 4.69) is 4.90 Å². The highest BCUT2D eigenvalue weighted by atomic mass is 32.1. The molecule has 1 aliphatic carbocycles. The highest BCUT2D eigenvalue weighted by molar-refractivity contribution is 7.59. The Kier molecular flexibility index (Phi) is 10.7. The number of benzene rings is 1. The van der Waals surface area contributed by atoms with Gasteiger partial charge in [-0.2, -0.15) is 27.0 Å². The van der Waals surface area contributed by atoms with Crippen molar-refractivity contribution in [2.75, 3.05) is 26.7 Å². The minimum Gasteiger partial charge on any atom is -0.480 e. The molecule has 4 rings (SSSR count). The maximum absolute atomic E-state index is 13.3. The normalized spacial score (nSPS) is 19.7. The SMILES string of the molecule is CN(C(=O)Cc1ccc2oc(=O)n(CC(=O)O)c2c1)[C@H](CN1CC[C@H](O)C1)C1CCCCC1.S.S. The fourth-order valence-corrected chi connectivity index (χ4v) is 5.34. The summed E-state index contributed by atoms with van der Waals surface area (Å²) >= 11 is 0. The lowest BCUT2D eigenvalue weighted by molar-refractivity contribution is -0.137. The predicted molar refractivity (Wildman–Crippen MR) is 143 cm³/mol. The predicted octanol–water partition coefficient (Wildman–Crippen LogP) is 1.92. The summed E-state index contributed by atoms with van der Waals surface area (Å²) in [5.74, 6) is -1.43. The molecule has 0 unspecified atom stereocenters. The molecule has 1 aliphatic heterocycles. The third kappa shape index (κ3) is 7.05. The topological polar surface area (TPSA) is 116 Å². The van der Waals surface area contributed by atoms with Gasteiger partial charge in [0.25, 0.3) is 0 Å². The molecule has 1 aromatic heterocycles. The molecule has 35 heavy (non-hydrogen) atoms. The summed E-state index contributed by atoms with van der Waals surface area (Å²) in [4.78, 5) is 40.6. The van der Waals surface area contributed by atoms with Crippen molar-refractivity contribution in [2.24, 2.45) is 5.92 Å². The smallest absolute Gasteiger partial charge is 0.420 e. The standard InChI is InChI=1S/C24H33N3O6.2H2S/c1-25(20(17-5-3-2-4-6-17)14-26-10-9-18(28)13-26)22(29)12-16-7-8-21-19(11-16)27(15-23(30)31)24(32)33-21;;/h7-8,11,17-18,20,28H,2-6,9-10,12-15H2,1H3,(H,30,31);2*1H2/t18-,20+;;/m0../s1. The van der Waals surface area contributed by atoms with Gasteiger partial charge < -0.3 is 19.5 Å². The number of carbonyl (C=O) groups excluding carboxylic acids is 1. The van der Waals surface area contributed by atoms with E-state index in [1.54, 1.807) is 18.2 Å². The van der Waals surface area contributed by atoms with Gasteiger partial charge in [0, 0.05) is 32.7 Å². The molecule has 1 amide bonds. The molecule has 196 valence electrons. The van der Waals surface area contributed by atoms with Gasteiger partial charge in [0.15, 0.2) is 5.58 Å². The number of aliphatic carboxylic acids is 1. The first-order valence-corrected chi connectivity index (χ1v) is 11.8. The summed E-state index contributed by atoms with van der Waals surface area (Å²) in [7, 11) is 1.87. The summed E-state index contributed by atoms with van der Waals surface area (Å²) < 4.78 is 6.20. The second-order valence-corrected chi connectivity index (χ2v) is 9.50. The van der Waals surface area contributed by atoms with E-state index in [1.807, 2.05) is 11.9 Å². The van der Waals surface area contributed by atoms with Gasteiger partial charge in [0.1, 0.15) is 6.54 Å². The third-order valence-corrected chi connectivity index (χ3v) is 7.16. The Morgan fingerprint density at radius 3 is 2.51 bits per heavy atom. The Balaban J connectivity index is 0.00000216. The summed E-state index contributed by atoms with van der Waals surface area (Å²) in [5, 5.41) is 19.0. The molecule has 2 atom stereocenters. The van der Waals surface area contributed by atoms with Crippen LogP contribution in [0.2, 0.25) is 0 Å². The lowest BCUT2D eigenvalue weighted by Crippen LogP contribution is -2.49. The largest absolute Gasteiger partial charge is 0.480 e. The number of likely N-dealkylation sites (tertiary alicyclic amines) is 1. The number of carbonyl (C=O) groups is 2. The maximum Gasteiger partial charge on any atom is 0.420 e. The average Bonchev–Trinajstić information content (AvgIpc) is 3.34. The quantitative estimate of drug-likeness (QED) is 0.539. The minimum atomic E-state index is -1.14. The zero-order valence-electron chi connectivity index (χ0n) is 20.1. The molecule has 0 radical (unpaired) electrons. The highest BCUT2D eigenvalue weighted by Gasteiger charge is 2.33. The zero-order chi connectivity index (χ0) is 23.5. The van der Waals surface area contributed by atoms with E-state index in [9.17, 15) is 19.5 Å². The molecule has 1 saturated heterocycles. The number of amides is 1. The van der Waals surface area contributed by atoms with Crippen molar-refractivity contribution < 1.29 is 24.2 Å². The van der Waals surface area contributed by atoms with Gasteiger partial charge >= 0.3 is 11.7 Å². The highest BCUT2D eigenvalue weighted by Crippen LogP contribution is 2.30. The fraction of sp³-hybridized carbons (Fsp3) is 0.625. The van der Waals surface area contributed by atoms with E-state index >= 15 is 0 Å². The number of aliphatic hydroxyl groups excluding tert-OH is 1. The number of aromatic nitrogens is 1. The van der Waals surface area contributed by atoms with Crippen LogP contribution in [-0.4, -0.2) is 75.3 Å². The number of aliphatic hydroxyl groups is 1. The number of hydrogen-bond acceptors (Lipinski definition) is 6. The van der Waals surface area contributed by atoms with Crippen molar-refractivity contribution in [2.45, 2.75) is 63.6 Å². The summed E-state index contributed by atoms with van der Waals surface area (Å²) in [5.41, 5.74) is 1.39. The van der Waals surface area contributed by atoms with Crippen molar-refractivity contribution in [3.63, 3.8) is 0 Å². The number of nitrogens with zero attached hydrogens (tertiary/aromatic N) is 3. The number of oxazole rings is 1. The van der Waals surface area contributed by atoms with Gasteiger partial charge in [-0.05, 0) is 42.9 Å². The van der Waals surface area contributed by atoms with Gasteiger partial charge in [0.05, 0.1) is 18.0 Å². The fourth-order valence-electron chi connectivity index (χ4n) is 5.34. The van der Waals surface area contributed by atoms with Crippen molar-refractivity contribution in [1.29, 1.82) is 0 Å². The second-order valence-electron chi connectivity index (χ2n) is 9.50. The summed E-state index contributed by atoms with van der Waals surface area (Å²) in [6.07, 6.45) is 6.48. The number of β-amino-alcohol motifs (C(OH)–C–C–N with tert-alkyl or cyclic N) is 1. The van der Waals surface area contributed by atoms with Gasteiger partial charge in [-0.15, -0.1) is 0 Å². The molecule has 2 N–H and O–H groups in total. The average molecular weight is 528 g/mol. The van der Waals surface area contributed by atoms with Crippen molar-refractivity contribution >= 4 is 50.0 Å². The first kappa shape index (κ1) is 29.3. The Bertz CT molecular complexity index is 1070. The van der Waals surface area contributed by atoms with Crippen molar-refractivity contribution in [3.05, 3.63) is 34.3 Å². The molecule has 2 aliphatic rings. The molecule has 2 aromatic rings.